The number of halogens is 2. The molecule has 0 unspecified atom stereocenters. The zero-order chi connectivity index (χ0) is 25.6. The molecule has 10 nitrogen and oxygen atoms in total. The highest BCUT2D eigenvalue weighted by molar-refractivity contribution is 7.92. The number of nitrogens with zero attached hydrogens (tertiary/aromatic N) is 6. The second kappa shape index (κ2) is 9.23. The van der Waals surface area contributed by atoms with Crippen LogP contribution in [0, 0.1) is 11.6 Å². The van der Waals surface area contributed by atoms with Crippen LogP contribution in [0.2, 0.25) is 0 Å². The molecule has 4 heterocycles. The minimum absolute atomic E-state index is 0.192. The highest BCUT2D eigenvalue weighted by atomic mass is 32.2. The second-order valence-electron chi connectivity index (χ2n) is 9.06. The van der Waals surface area contributed by atoms with Gasteiger partial charge in [-0.2, -0.15) is 0 Å². The van der Waals surface area contributed by atoms with Gasteiger partial charge in [-0.25, -0.2) is 21.9 Å². The van der Waals surface area contributed by atoms with E-state index in [2.05, 4.69) is 29.8 Å². The van der Waals surface area contributed by atoms with Gasteiger partial charge in [0.15, 0.2) is 11.6 Å². The minimum Gasteiger partial charge on any atom is -0.471 e. The van der Waals surface area contributed by atoms with Crippen molar-refractivity contribution in [1.29, 1.82) is 0 Å². The van der Waals surface area contributed by atoms with E-state index in [0.29, 0.717) is 11.3 Å². The van der Waals surface area contributed by atoms with Crippen molar-refractivity contribution in [3.63, 3.8) is 0 Å². The third-order valence-electron chi connectivity index (χ3n) is 6.60. The number of anilines is 2. The maximum atomic E-state index is 15.3. The van der Waals surface area contributed by atoms with E-state index in [1.54, 1.807) is 12.4 Å². The molecule has 0 atom stereocenters. The smallest absolute Gasteiger partial charge is 0.265 e. The number of sulfonamides is 1. The first-order valence-corrected chi connectivity index (χ1v) is 13.3. The molecule has 1 aliphatic carbocycles. The fraction of sp³-hybridized carbons (Fsp3) is 0.292. The molecule has 0 bridgehead atoms. The van der Waals surface area contributed by atoms with Crippen molar-refractivity contribution in [2.75, 3.05) is 35.8 Å². The molecule has 0 radical (unpaired) electrons. The molecule has 37 heavy (non-hydrogen) atoms. The van der Waals surface area contributed by atoms with Crippen LogP contribution in [0.1, 0.15) is 12.8 Å². The number of furan rings is 1. The molecule has 1 saturated heterocycles. The lowest BCUT2D eigenvalue weighted by Crippen LogP contribution is -2.47. The molecule has 2 aliphatic rings. The minimum atomic E-state index is -4.13. The second-order valence-corrected chi connectivity index (χ2v) is 10.7. The molecular weight excluding hydrogens is 504 g/mol. The van der Waals surface area contributed by atoms with Crippen LogP contribution >= 0.6 is 0 Å². The van der Waals surface area contributed by atoms with E-state index in [1.165, 1.54) is 31.4 Å². The van der Waals surface area contributed by atoms with E-state index in [4.69, 9.17) is 4.42 Å². The Morgan fingerprint density at radius 2 is 1.86 bits per heavy atom. The van der Waals surface area contributed by atoms with Crippen molar-refractivity contribution in [3.05, 3.63) is 67.0 Å². The average Bonchev–Trinajstić information content (AvgIpc) is 3.37. The van der Waals surface area contributed by atoms with Gasteiger partial charge >= 0.3 is 0 Å². The van der Waals surface area contributed by atoms with E-state index in [0.717, 1.165) is 61.0 Å². The van der Waals surface area contributed by atoms with Crippen molar-refractivity contribution in [2.24, 2.45) is 0 Å². The van der Waals surface area contributed by atoms with Gasteiger partial charge in [-0.3, -0.25) is 14.6 Å². The van der Waals surface area contributed by atoms with Gasteiger partial charge in [-0.1, -0.05) is 5.21 Å². The summed E-state index contributed by atoms with van der Waals surface area (Å²) in [4.78, 5) is 8.92. The van der Waals surface area contributed by atoms with Crippen molar-refractivity contribution in [1.82, 2.24) is 24.9 Å². The molecule has 192 valence electrons. The van der Waals surface area contributed by atoms with E-state index in [-0.39, 0.29) is 4.90 Å². The largest absolute Gasteiger partial charge is 0.471 e. The molecule has 2 fully saturated rings. The molecule has 4 aromatic rings. The number of rotatable bonds is 7. The van der Waals surface area contributed by atoms with Crippen molar-refractivity contribution in [2.45, 2.75) is 23.8 Å². The van der Waals surface area contributed by atoms with Crippen LogP contribution in [-0.4, -0.2) is 65.5 Å². The van der Waals surface area contributed by atoms with Gasteiger partial charge < -0.3 is 9.32 Å². The molecule has 13 heteroatoms. The quantitative estimate of drug-likeness (QED) is 0.390. The van der Waals surface area contributed by atoms with Crippen LogP contribution in [0.25, 0.3) is 16.9 Å². The van der Waals surface area contributed by atoms with Crippen LogP contribution < -0.4 is 9.62 Å². The molecular formula is C24H23F2N7O3S. The lowest BCUT2D eigenvalue weighted by Gasteiger charge is -2.36. The van der Waals surface area contributed by atoms with Gasteiger partial charge in [0.2, 0.25) is 0 Å². The van der Waals surface area contributed by atoms with Gasteiger partial charge in [-0.05, 0) is 37.1 Å². The third-order valence-corrected chi connectivity index (χ3v) is 7.94. The topological polar surface area (TPSA) is 109 Å². The molecule has 0 amide bonds. The summed E-state index contributed by atoms with van der Waals surface area (Å²) in [5, 5.41) is 7.98. The van der Waals surface area contributed by atoms with Gasteiger partial charge in [0, 0.05) is 44.0 Å². The maximum absolute atomic E-state index is 15.3. The summed E-state index contributed by atoms with van der Waals surface area (Å²) in [6, 6.07) is 5.83. The highest BCUT2D eigenvalue weighted by Gasteiger charge is 2.31. The Balaban J connectivity index is 1.25. The predicted octanol–water partition coefficient (Wildman–Crippen LogP) is 3.29. The van der Waals surface area contributed by atoms with Crippen molar-refractivity contribution < 1.29 is 21.6 Å². The SMILES string of the molecule is O=S(=O)(Nc1ccc(F)c(-n2cc(-c3cncc(N4CCN(C5CC5)CC4)c3)nn2)c1F)c1ccoc1. The summed E-state index contributed by atoms with van der Waals surface area (Å²) in [5.74, 6) is -2.07. The van der Waals surface area contributed by atoms with E-state index >= 15 is 4.39 Å². The Morgan fingerprint density at radius 3 is 2.59 bits per heavy atom. The van der Waals surface area contributed by atoms with Gasteiger partial charge in [0.1, 0.15) is 22.5 Å². The van der Waals surface area contributed by atoms with E-state index in [1.807, 2.05) is 6.07 Å². The summed E-state index contributed by atoms with van der Waals surface area (Å²) in [5.41, 5.74) is 0.950. The Bertz CT molecular complexity index is 1530. The fourth-order valence-corrected chi connectivity index (χ4v) is 5.45. The van der Waals surface area contributed by atoms with Gasteiger partial charge in [0.05, 0.1) is 30.0 Å². The van der Waals surface area contributed by atoms with E-state index < -0.39 is 33.0 Å². The lowest BCUT2D eigenvalue weighted by molar-refractivity contribution is 0.248. The standard InChI is InChI=1S/C24H23F2N7O3S/c25-20-3-4-21(29-37(34,35)19-5-10-36-15-19)23(26)24(20)33-14-22(28-30-33)16-11-18(13-27-12-16)32-8-6-31(7-9-32)17-1-2-17/h3-5,10-15,17,29H,1-2,6-9H2. The number of benzene rings is 1. The lowest BCUT2D eigenvalue weighted by atomic mass is 10.2. The Labute approximate surface area is 211 Å². The first-order chi connectivity index (χ1) is 17.9. The number of piperazine rings is 1. The molecule has 6 rings (SSSR count). The first kappa shape index (κ1) is 23.6. The predicted molar refractivity (Wildman–Crippen MR) is 131 cm³/mol. The molecule has 1 saturated carbocycles. The van der Waals surface area contributed by atoms with Crippen LogP contribution in [0.15, 0.2) is 64.7 Å². The highest BCUT2D eigenvalue weighted by Crippen LogP contribution is 2.30. The van der Waals surface area contributed by atoms with Crippen LogP contribution in [0.5, 0.6) is 0 Å². The monoisotopic (exact) mass is 527 g/mol. The number of aromatic nitrogens is 4. The van der Waals surface area contributed by atoms with Crippen molar-refractivity contribution >= 4 is 21.4 Å². The summed E-state index contributed by atoms with van der Waals surface area (Å²) in [7, 11) is -4.13. The molecule has 0 spiro atoms. The third kappa shape index (κ3) is 4.67. The normalized spacial score (nSPS) is 16.8. The van der Waals surface area contributed by atoms with Gasteiger partial charge in [0.25, 0.3) is 10.0 Å². The summed E-state index contributed by atoms with van der Waals surface area (Å²) in [6.07, 6.45) is 9.53. The zero-order valence-electron chi connectivity index (χ0n) is 19.6. The number of hydrogen-bond acceptors (Lipinski definition) is 8. The zero-order valence-corrected chi connectivity index (χ0v) is 20.4. The van der Waals surface area contributed by atoms with Crippen molar-refractivity contribution in [3.8, 4) is 16.9 Å². The Kier molecular flexibility index (Phi) is 5.88. The number of pyridine rings is 1. The summed E-state index contributed by atoms with van der Waals surface area (Å²) < 4.78 is 62.8. The molecule has 1 aromatic carbocycles. The van der Waals surface area contributed by atoms with Crippen LogP contribution in [0.4, 0.5) is 20.2 Å². The average molecular weight is 528 g/mol. The number of nitrogens with one attached hydrogen (secondary N) is 1. The summed E-state index contributed by atoms with van der Waals surface area (Å²) >= 11 is 0. The summed E-state index contributed by atoms with van der Waals surface area (Å²) in [6.45, 7) is 3.80. The molecule has 1 aliphatic heterocycles. The molecule has 3 aromatic heterocycles. The Morgan fingerprint density at radius 1 is 1.05 bits per heavy atom. The number of hydrogen-bond donors (Lipinski definition) is 1. The van der Waals surface area contributed by atoms with Crippen LogP contribution in [-0.2, 0) is 10.0 Å². The van der Waals surface area contributed by atoms with E-state index in [9.17, 15) is 12.8 Å². The first-order valence-electron chi connectivity index (χ1n) is 11.8. The molecule has 1 N–H and O–H groups in total. The Hall–Kier alpha value is -3.84. The maximum Gasteiger partial charge on any atom is 0.265 e. The van der Waals surface area contributed by atoms with Crippen LogP contribution in [0.3, 0.4) is 0 Å². The van der Waals surface area contributed by atoms with Gasteiger partial charge in [-0.15, -0.1) is 5.10 Å². The fourth-order valence-electron chi connectivity index (χ4n) is 4.47.